The Morgan fingerprint density at radius 3 is 2.82 bits per heavy atom. The Bertz CT molecular complexity index is 648. The lowest BCUT2D eigenvalue weighted by Gasteiger charge is -2.25. The van der Waals surface area contributed by atoms with Crippen LogP contribution in [0.5, 0.6) is 0 Å². The number of carbonyl (C=O) groups excluding carboxylic acids is 1. The van der Waals surface area contributed by atoms with E-state index < -0.39 is 0 Å². The molecule has 116 valence electrons. The van der Waals surface area contributed by atoms with Crippen molar-refractivity contribution < 1.29 is 4.79 Å². The molecule has 0 aliphatic carbocycles. The lowest BCUT2D eigenvalue weighted by atomic mass is 10.0. The van der Waals surface area contributed by atoms with Gasteiger partial charge < -0.3 is 9.88 Å². The summed E-state index contributed by atoms with van der Waals surface area (Å²) in [4.78, 5) is 12.0. The maximum Gasteiger partial charge on any atom is 0.220 e. The molecule has 1 aliphatic rings. The molecule has 0 saturated carbocycles. The molecule has 1 amide bonds. The van der Waals surface area contributed by atoms with Crippen molar-refractivity contribution in [1.82, 2.24) is 20.1 Å². The normalized spacial score (nSPS) is 17.3. The van der Waals surface area contributed by atoms with Crippen LogP contribution in [-0.4, -0.2) is 26.7 Å². The number of benzene rings is 1. The van der Waals surface area contributed by atoms with Gasteiger partial charge in [-0.05, 0) is 12.3 Å². The Balaban J connectivity index is 1.75. The third kappa shape index (κ3) is 3.18. The number of fused-ring (bicyclic) bond motifs is 1. The van der Waals surface area contributed by atoms with E-state index >= 15 is 0 Å². The average molecular weight is 298 g/mol. The minimum absolute atomic E-state index is 0.137. The first-order valence-electron chi connectivity index (χ1n) is 7.90. The van der Waals surface area contributed by atoms with Crippen molar-refractivity contribution in [1.29, 1.82) is 0 Å². The molecule has 0 radical (unpaired) electrons. The molecule has 5 nitrogen and oxygen atoms in total. The topological polar surface area (TPSA) is 59.8 Å². The summed E-state index contributed by atoms with van der Waals surface area (Å²) in [6.45, 7) is 4.87. The minimum atomic E-state index is 0.137. The number of hydrogen-bond donors (Lipinski definition) is 1. The first-order valence-corrected chi connectivity index (χ1v) is 7.90. The van der Waals surface area contributed by atoms with Crippen molar-refractivity contribution >= 4 is 5.91 Å². The van der Waals surface area contributed by atoms with Crippen LogP contribution in [0.4, 0.5) is 0 Å². The monoisotopic (exact) mass is 298 g/mol. The lowest BCUT2D eigenvalue weighted by Crippen LogP contribution is -2.41. The molecule has 0 saturated heterocycles. The van der Waals surface area contributed by atoms with E-state index in [4.69, 9.17) is 0 Å². The maximum absolute atomic E-state index is 12.0. The highest BCUT2D eigenvalue weighted by atomic mass is 16.1. The molecule has 1 N–H and O–H groups in total. The van der Waals surface area contributed by atoms with E-state index in [0.717, 1.165) is 36.6 Å². The van der Waals surface area contributed by atoms with Gasteiger partial charge in [-0.2, -0.15) is 0 Å². The van der Waals surface area contributed by atoms with E-state index in [-0.39, 0.29) is 11.9 Å². The fourth-order valence-electron chi connectivity index (χ4n) is 2.90. The number of carbonyl (C=O) groups is 1. The lowest BCUT2D eigenvalue weighted by molar-refractivity contribution is -0.122. The van der Waals surface area contributed by atoms with Crippen LogP contribution in [0.1, 0.15) is 32.5 Å². The number of nitrogens with zero attached hydrogens (tertiary/aromatic N) is 3. The highest BCUT2D eigenvalue weighted by Gasteiger charge is 2.24. The fraction of sp³-hybridized carbons (Fsp3) is 0.471. The molecule has 2 aromatic rings. The summed E-state index contributed by atoms with van der Waals surface area (Å²) in [6, 6.07) is 10.2. The fourth-order valence-corrected chi connectivity index (χ4v) is 2.90. The van der Waals surface area contributed by atoms with Crippen molar-refractivity contribution in [2.24, 2.45) is 5.92 Å². The Kier molecular flexibility index (Phi) is 4.22. The zero-order valence-corrected chi connectivity index (χ0v) is 13.1. The van der Waals surface area contributed by atoms with Gasteiger partial charge in [-0.15, -0.1) is 10.2 Å². The molecule has 0 spiro atoms. The van der Waals surface area contributed by atoms with Crippen LogP contribution in [0.25, 0.3) is 11.4 Å². The minimum Gasteiger partial charge on any atom is -0.352 e. The SMILES string of the molecule is CC(C)CC(=O)N[C@H]1CCc2nnc(-c3ccccc3)n2C1. The van der Waals surface area contributed by atoms with Crippen LogP contribution in [-0.2, 0) is 17.8 Å². The van der Waals surface area contributed by atoms with Gasteiger partial charge in [0.15, 0.2) is 5.82 Å². The Hall–Kier alpha value is -2.17. The van der Waals surface area contributed by atoms with Crippen LogP contribution in [0.15, 0.2) is 30.3 Å². The first-order chi connectivity index (χ1) is 10.6. The highest BCUT2D eigenvalue weighted by Crippen LogP contribution is 2.23. The van der Waals surface area contributed by atoms with Crippen LogP contribution >= 0.6 is 0 Å². The molecule has 3 rings (SSSR count). The zero-order chi connectivity index (χ0) is 15.5. The summed E-state index contributed by atoms with van der Waals surface area (Å²) in [5.74, 6) is 2.42. The van der Waals surface area contributed by atoms with E-state index in [0.29, 0.717) is 12.3 Å². The van der Waals surface area contributed by atoms with Crippen molar-refractivity contribution in [3.63, 3.8) is 0 Å². The molecule has 0 bridgehead atoms. The number of amides is 1. The highest BCUT2D eigenvalue weighted by molar-refractivity contribution is 5.76. The molecule has 1 aromatic carbocycles. The second-order valence-corrected chi connectivity index (χ2v) is 6.32. The summed E-state index contributed by atoms with van der Waals surface area (Å²) in [7, 11) is 0. The maximum atomic E-state index is 12.0. The van der Waals surface area contributed by atoms with E-state index in [1.165, 1.54) is 0 Å². The van der Waals surface area contributed by atoms with E-state index in [9.17, 15) is 4.79 Å². The van der Waals surface area contributed by atoms with E-state index in [1.54, 1.807) is 0 Å². The van der Waals surface area contributed by atoms with Crippen LogP contribution < -0.4 is 5.32 Å². The average Bonchev–Trinajstić information content (AvgIpc) is 2.90. The van der Waals surface area contributed by atoms with Crippen molar-refractivity contribution in [3.8, 4) is 11.4 Å². The van der Waals surface area contributed by atoms with Gasteiger partial charge in [-0.25, -0.2) is 0 Å². The smallest absolute Gasteiger partial charge is 0.220 e. The molecule has 1 atom stereocenters. The van der Waals surface area contributed by atoms with Gasteiger partial charge in [-0.1, -0.05) is 44.2 Å². The Morgan fingerprint density at radius 1 is 1.32 bits per heavy atom. The second kappa shape index (κ2) is 6.30. The van der Waals surface area contributed by atoms with Gasteiger partial charge >= 0.3 is 0 Å². The van der Waals surface area contributed by atoms with Gasteiger partial charge in [0.25, 0.3) is 0 Å². The van der Waals surface area contributed by atoms with Gasteiger partial charge in [0.05, 0.1) is 0 Å². The summed E-state index contributed by atoms with van der Waals surface area (Å²) in [5.41, 5.74) is 1.07. The molecule has 5 heteroatoms. The third-order valence-electron chi connectivity index (χ3n) is 3.94. The molecule has 22 heavy (non-hydrogen) atoms. The van der Waals surface area contributed by atoms with Gasteiger partial charge in [0, 0.05) is 31.0 Å². The number of aromatic nitrogens is 3. The van der Waals surface area contributed by atoms with Crippen LogP contribution in [0, 0.1) is 5.92 Å². The summed E-state index contributed by atoms with van der Waals surface area (Å²) >= 11 is 0. The Labute approximate surface area is 130 Å². The van der Waals surface area contributed by atoms with E-state index in [1.807, 2.05) is 30.3 Å². The van der Waals surface area contributed by atoms with Gasteiger partial charge in [0.1, 0.15) is 5.82 Å². The largest absolute Gasteiger partial charge is 0.352 e. The summed E-state index contributed by atoms with van der Waals surface area (Å²) in [6.07, 6.45) is 2.36. The number of rotatable bonds is 4. The quantitative estimate of drug-likeness (QED) is 0.943. The molecular weight excluding hydrogens is 276 g/mol. The molecule has 0 unspecified atom stereocenters. The first kappa shape index (κ1) is 14.8. The summed E-state index contributed by atoms with van der Waals surface area (Å²) < 4.78 is 2.14. The predicted octanol–water partition coefficient (Wildman–Crippen LogP) is 2.42. The standard InChI is InChI=1S/C17H22N4O/c1-12(2)10-16(22)18-14-8-9-15-19-20-17(21(15)11-14)13-6-4-3-5-7-13/h3-7,12,14H,8-11H2,1-2H3,(H,18,22)/t14-/m0/s1. The van der Waals surface area contributed by atoms with Crippen molar-refractivity contribution in [2.75, 3.05) is 0 Å². The van der Waals surface area contributed by atoms with E-state index in [2.05, 4.69) is 33.9 Å². The third-order valence-corrected chi connectivity index (χ3v) is 3.94. The van der Waals surface area contributed by atoms with Gasteiger partial charge in [0.2, 0.25) is 5.91 Å². The number of nitrogens with one attached hydrogen (secondary N) is 1. The molecular formula is C17H22N4O. The van der Waals surface area contributed by atoms with Crippen molar-refractivity contribution in [3.05, 3.63) is 36.2 Å². The predicted molar refractivity (Wildman–Crippen MR) is 85.2 cm³/mol. The number of aryl methyl sites for hydroxylation is 1. The number of hydrogen-bond acceptors (Lipinski definition) is 3. The molecule has 2 heterocycles. The second-order valence-electron chi connectivity index (χ2n) is 6.32. The molecule has 1 aromatic heterocycles. The zero-order valence-electron chi connectivity index (χ0n) is 13.1. The van der Waals surface area contributed by atoms with Crippen LogP contribution in [0.2, 0.25) is 0 Å². The molecule has 1 aliphatic heterocycles. The van der Waals surface area contributed by atoms with Crippen LogP contribution in [0.3, 0.4) is 0 Å². The Morgan fingerprint density at radius 2 is 2.09 bits per heavy atom. The van der Waals surface area contributed by atoms with Gasteiger partial charge in [-0.3, -0.25) is 4.79 Å². The van der Waals surface area contributed by atoms with Crippen molar-refractivity contribution in [2.45, 2.75) is 45.7 Å². The summed E-state index contributed by atoms with van der Waals surface area (Å²) in [5, 5.41) is 11.8. The molecule has 0 fully saturated rings.